The number of aryl methyl sites for hydroxylation is 1. The number of carbonyl (C=O) groups excluding carboxylic acids is 5. The summed E-state index contributed by atoms with van der Waals surface area (Å²) in [5.41, 5.74) is 1.19. The standard InChI is InChI=1S/C71H83ClF3N9O11S4/c1-46(48-11-13-51(14-12-48)66-47(2)76-45-97-66)77-68(89)61-37-56(85)42-84(61)69(90)67(70(3,4)5)79-64(87)39-65(88)83-28-26-59(49-15-19-53(72)20-16-49)52(41-83)40-81-29-31-82(32-30-81)55-21-17-50(18-22-55)62(86)44-98(91,92)58-23-24-60(63(38-58)99(93,94)71(73,74)75)78-54(25-27-80-33-35-95-36-34-80)43-96-57-9-7-6-8-10-57/h6-24,38,45-46,54,56,61,67,78,85H,25-37,39-44H2,1-5H3,(H,77,89)(H,79,87)/t46-,54+,56+,61-,67+/m0/s1. The van der Waals surface area contributed by atoms with E-state index >= 15 is 0 Å². The van der Waals surface area contributed by atoms with E-state index in [9.17, 15) is 59.1 Å². The molecule has 6 aromatic rings. The molecule has 4 amide bonds. The molecule has 99 heavy (non-hydrogen) atoms. The number of morpholine rings is 1. The zero-order chi connectivity index (χ0) is 71.0. The Labute approximate surface area is 589 Å². The van der Waals surface area contributed by atoms with Gasteiger partial charge < -0.3 is 40.5 Å². The van der Waals surface area contributed by atoms with Crippen molar-refractivity contribution in [2.24, 2.45) is 5.41 Å². The maximum absolute atomic E-state index is 14.5. The summed E-state index contributed by atoms with van der Waals surface area (Å²) in [7, 11) is -10.8. The maximum Gasteiger partial charge on any atom is 0.501 e. The number of hydrogen-bond acceptors (Lipinski definition) is 18. The number of Topliss-reactive ketones (excluding diaryl/α,β-unsaturated/α-hetero) is 1. The minimum absolute atomic E-state index is 0.00343. The number of nitrogens with zero attached hydrogens (tertiary/aromatic N) is 6. The van der Waals surface area contributed by atoms with Crippen LogP contribution in [0.5, 0.6) is 0 Å². The maximum atomic E-state index is 14.5. The summed E-state index contributed by atoms with van der Waals surface area (Å²) in [6.07, 6.45) is -0.635. The number of anilines is 2. The Kier molecular flexibility index (Phi) is 24.2. The first kappa shape index (κ1) is 74.5. The van der Waals surface area contributed by atoms with Crippen molar-refractivity contribution in [1.29, 1.82) is 0 Å². The van der Waals surface area contributed by atoms with Crippen molar-refractivity contribution < 1.29 is 63.8 Å². The van der Waals surface area contributed by atoms with Gasteiger partial charge in [-0.2, -0.15) is 13.2 Å². The topological polar surface area (TPSA) is 248 Å². The fourth-order valence-corrected chi connectivity index (χ4v) is 17.0. The Hall–Kier alpha value is -7.21. The number of benzene rings is 5. The molecule has 5 atom stereocenters. The summed E-state index contributed by atoms with van der Waals surface area (Å²) in [5, 5.41) is 20.3. The molecule has 28 heteroatoms. The number of nitrogens with one attached hydrogen (secondary N) is 3. The Balaban J connectivity index is 0.750. The minimum Gasteiger partial charge on any atom is -0.391 e. The molecule has 3 fully saturated rings. The predicted octanol–water partition coefficient (Wildman–Crippen LogP) is 9.59. The monoisotopic (exact) mass is 1460 g/mol. The number of likely N-dealkylation sites (tertiary alicyclic amines) is 1. The summed E-state index contributed by atoms with van der Waals surface area (Å²) in [4.78, 5) is 84.1. The largest absolute Gasteiger partial charge is 0.501 e. The first-order valence-electron chi connectivity index (χ1n) is 32.9. The van der Waals surface area contributed by atoms with E-state index < -0.39 is 118 Å². The minimum atomic E-state index is -6.10. The number of thioether (sulfide) groups is 1. The van der Waals surface area contributed by atoms with Gasteiger partial charge in [0.25, 0.3) is 9.84 Å². The molecule has 0 aliphatic carbocycles. The van der Waals surface area contributed by atoms with Gasteiger partial charge in [-0.15, -0.1) is 23.1 Å². The van der Waals surface area contributed by atoms with Crippen LogP contribution in [0.2, 0.25) is 5.02 Å². The molecule has 0 unspecified atom stereocenters. The van der Waals surface area contributed by atoms with Crippen LogP contribution in [0.1, 0.15) is 86.6 Å². The lowest BCUT2D eigenvalue weighted by molar-refractivity contribution is -0.145. The number of piperazine rings is 1. The number of aromatic nitrogens is 1. The van der Waals surface area contributed by atoms with Gasteiger partial charge in [0.05, 0.1) is 52.0 Å². The Bertz CT molecular complexity index is 4130. The number of rotatable bonds is 25. The summed E-state index contributed by atoms with van der Waals surface area (Å²) >= 11 is 9.29. The molecule has 3 saturated heterocycles. The quantitative estimate of drug-likeness (QED) is 0.0237. The molecule has 0 saturated carbocycles. The SMILES string of the molecule is Cc1ncsc1-c1ccc([C@H](C)NC(=O)[C@@H]2C[C@@H](O)CN2C(=O)[C@@H](NC(=O)CC(=O)N2CCC(c3ccc(Cl)cc3)=C(CN3CCN(c4ccc(C(=O)CS(=O)(=O)c5ccc(N[C@H](CCN6CCOCC6)CSc6ccccc6)c(S(=O)(=O)C(F)(F)F)c5)cc4)CC3)C2)C(C)(C)C)cc1. The van der Waals surface area contributed by atoms with Gasteiger partial charge in [-0.05, 0) is 127 Å². The van der Waals surface area contributed by atoms with Crippen molar-refractivity contribution in [3.8, 4) is 10.4 Å². The second-order valence-corrected chi connectivity index (χ2v) is 32.8. The van der Waals surface area contributed by atoms with Crippen LogP contribution >= 0.6 is 34.7 Å². The van der Waals surface area contributed by atoms with Crippen molar-refractivity contribution >= 4 is 101 Å². The Morgan fingerprint density at radius 1 is 0.818 bits per heavy atom. The average molecular weight is 1460 g/mol. The van der Waals surface area contributed by atoms with E-state index in [1.54, 1.807) is 66.8 Å². The smallest absolute Gasteiger partial charge is 0.391 e. The number of ether oxygens (including phenoxy) is 1. The van der Waals surface area contributed by atoms with Crippen LogP contribution in [0.25, 0.3) is 16.0 Å². The number of aliphatic hydroxyl groups is 1. The molecule has 20 nitrogen and oxygen atoms in total. The third-order valence-electron chi connectivity index (χ3n) is 18.4. The molecule has 530 valence electrons. The third-order valence-corrected chi connectivity index (χ3v) is 23.9. The summed E-state index contributed by atoms with van der Waals surface area (Å²) in [6.45, 7) is 15.1. The van der Waals surface area contributed by atoms with E-state index in [1.807, 2.05) is 80.6 Å². The average Bonchev–Trinajstić information content (AvgIpc) is 1.28. The number of amides is 4. The van der Waals surface area contributed by atoms with Gasteiger partial charge in [0.15, 0.2) is 15.6 Å². The van der Waals surface area contributed by atoms with Gasteiger partial charge >= 0.3 is 5.51 Å². The summed E-state index contributed by atoms with van der Waals surface area (Å²) < 4.78 is 103. The Morgan fingerprint density at radius 3 is 2.14 bits per heavy atom. The number of sulfone groups is 2. The molecule has 4 N–H and O–H groups in total. The summed E-state index contributed by atoms with van der Waals surface area (Å²) in [5.74, 6) is -3.78. The second-order valence-electron chi connectivity index (χ2n) is 26.5. The van der Waals surface area contributed by atoms with Crippen LogP contribution in [0.4, 0.5) is 24.5 Å². The molecule has 0 bridgehead atoms. The van der Waals surface area contributed by atoms with E-state index in [0.29, 0.717) is 102 Å². The lowest BCUT2D eigenvalue weighted by Gasteiger charge is -2.39. The van der Waals surface area contributed by atoms with Crippen LogP contribution in [0, 0.1) is 12.3 Å². The van der Waals surface area contributed by atoms with E-state index in [-0.39, 0.29) is 25.1 Å². The Morgan fingerprint density at radius 2 is 1.49 bits per heavy atom. The zero-order valence-corrected chi connectivity index (χ0v) is 59.8. The van der Waals surface area contributed by atoms with Crippen molar-refractivity contribution in [1.82, 2.24) is 35.2 Å². The number of ketones is 1. The first-order chi connectivity index (χ1) is 47.0. The van der Waals surface area contributed by atoms with Crippen LogP contribution < -0.4 is 20.9 Å². The number of halogens is 4. The highest BCUT2D eigenvalue weighted by Crippen LogP contribution is 2.38. The van der Waals surface area contributed by atoms with Gasteiger partial charge in [0, 0.05) is 111 Å². The molecule has 0 radical (unpaired) electrons. The number of aliphatic hydroxyl groups excluding tert-OH is 1. The zero-order valence-electron chi connectivity index (χ0n) is 55.8. The lowest BCUT2D eigenvalue weighted by Crippen LogP contribution is -2.58. The summed E-state index contributed by atoms with van der Waals surface area (Å²) in [6, 6.07) is 30.2. The molecule has 1 aromatic heterocycles. The predicted molar refractivity (Wildman–Crippen MR) is 378 cm³/mol. The van der Waals surface area contributed by atoms with Crippen molar-refractivity contribution in [3.05, 3.63) is 160 Å². The van der Waals surface area contributed by atoms with E-state index in [0.717, 1.165) is 61.1 Å². The van der Waals surface area contributed by atoms with Crippen molar-refractivity contribution in [2.45, 2.75) is 111 Å². The van der Waals surface area contributed by atoms with E-state index in [1.165, 1.54) is 28.8 Å². The number of hydrogen-bond donors (Lipinski definition) is 4. The number of alkyl halides is 3. The molecular weight excluding hydrogens is 1380 g/mol. The molecule has 0 spiro atoms. The molecule has 4 aliphatic rings. The molecule has 10 rings (SSSR count). The van der Waals surface area contributed by atoms with Gasteiger partial charge in [0.2, 0.25) is 23.6 Å². The highest BCUT2D eigenvalue weighted by atomic mass is 35.5. The fourth-order valence-electron chi connectivity index (χ4n) is 12.8. The first-order valence-corrected chi connectivity index (χ1v) is 38.3. The third kappa shape index (κ3) is 18.9. The number of carbonyl (C=O) groups is 5. The van der Waals surface area contributed by atoms with Crippen LogP contribution in [0.15, 0.2) is 147 Å². The normalized spacial score (nSPS) is 18.6. The lowest BCUT2D eigenvalue weighted by atomic mass is 9.85. The van der Waals surface area contributed by atoms with Gasteiger partial charge in [0.1, 0.15) is 29.2 Å². The fraction of sp³-hybridized carbons (Fsp3) is 0.437. The van der Waals surface area contributed by atoms with Gasteiger partial charge in [-0.1, -0.05) is 87.0 Å². The van der Waals surface area contributed by atoms with Crippen molar-refractivity contribution in [2.75, 3.05) is 107 Å². The highest BCUT2D eigenvalue weighted by molar-refractivity contribution is 7.99. The number of β-amino-alcohol motifs (C(OH)–C–C–N with tert-alkyl or cyclic N) is 1. The van der Waals surface area contributed by atoms with E-state index in [2.05, 4.69) is 35.6 Å². The molecule has 5 aromatic carbocycles. The van der Waals surface area contributed by atoms with Crippen molar-refractivity contribution in [3.63, 3.8) is 0 Å². The van der Waals surface area contributed by atoms with Crippen LogP contribution in [-0.2, 0) is 43.6 Å². The van der Waals surface area contributed by atoms with Crippen LogP contribution in [-0.4, -0.2) is 202 Å². The van der Waals surface area contributed by atoms with Crippen LogP contribution in [0.3, 0.4) is 0 Å². The second kappa shape index (κ2) is 32.2. The number of thiazole rings is 1. The molecule has 4 aliphatic heterocycles. The van der Waals surface area contributed by atoms with E-state index in [4.69, 9.17) is 16.3 Å². The van der Waals surface area contributed by atoms with Gasteiger partial charge in [-0.3, -0.25) is 33.8 Å². The molecular formula is C71H83ClF3N9O11S4. The highest BCUT2D eigenvalue weighted by Gasteiger charge is 2.49. The van der Waals surface area contributed by atoms with Gasteiger partial charge in [-0.25, -0.2) is 21.8 Å². The molecule has 5 heterocycles.